The number of rotatable bonds is 10. The summed E-state index contributed by atoms with van der Waals surface area (Å²) in [4.78, 5) is 42.2. The van der Waals surface area contributed by atoms with Gasteiger partial charge in [-0.2, -0.15) is 5.26 Å². The Balaban J connectivity index is 1.56. The Hall–Kier alpha value is -4.84. The van der Waals surface area contributed by atoms with Crippen molar-refractivity contribution < 1.29 is 28.6 Å². The van der Waals surface area contributed by atoms with Crippen LogP contribution in [0, 0.1) is 11.3 Å². The highest BCUT2D eigenvalue weighted by molar-refractivity contribution is 6.23. The summed E-state index contributed by atoms with van der Waals surface area (Å²) in [5.41, 5.74) is 1.63. The molecule has 38 heavy (non-hydrogen) atoms. The molecule has 3 amide bonds. The van der Waals surface area contributed by atoms with Crippen LogP contribution in [0.15, 0.2) is 72.8 Å². The summed E-state index contributed by atoms with van der Waals surface area (Å²) in [7, 11) is 3.09. The molecule has 1 unspecified atom stereocenters. The van der Waals surface area contributed by atoms with Gasteiger partial charge in [-0.1, -0.05) is 24.3 Å². The lowest BCUT2D eigenvalue weighted by Gasteiger charge is -2.28. The SMILES string of the molecule is COc1ccc(CCN(C(=O)COc2ccccc2)C2CC(=O)N(c3ccc(C#N)cc3)C2=O)cc1OC. The molecule has 1 aliphatic rings. The third-order valence-electron chi connectivity index (χ3n) is 6.27. The maximum Gasteiger partial charge on any atom is 0.261 e. The predicted molar refractivity (Wildman–Crippen MR) is 139 cm³/mol. The number of imide groups is 1. The molecule has 9 nitrogen and oxygen atoms in total. The van der Waals surface area contributed by atoms with Gasteiger partial charge in [0.15, 0.2) is 18.1 Å². The van der Waals surface area contributed by atoms with Gasteiger partial charge >= 0.3 is 0 Å². The van der Waals surface area contributed by atoms with Crippen molar-refractivity contribution in [2.75, 3.05) is 32.3 Å². The van der Waals surface area contributed by atoms with Gasteiger partial charge in [0.1, 0.15) is 11.8 Å². The summed E-state index contributed by atoms with van der Waals surface area (Å²) in [6.07, 6.45) is 0.258. The molecule has 3 aromatic carbocycles. The number of amides is 3. The van der Waals surface area contributed by atoms with E-state index in [1.165, 1.54) is 17.0 Å². The molecule has 0 aliphatic carbocycles. The minimum Gasteiger partial charge on any atom is -0.493 e. The van der Waals surface area contributed by atoms with Gasteiger partial charge in [0.05, 0.1) is 38.0 Å². The van der Waals surface area contributed by atoms with Gasteiger partial charge < -0.3 is 19.1 Å². The first-order valence-electron chi connectivity index (χ1n) is 12.0. The van der Waals surface area contributed by atoms with Crippen molar-refractivity contribution in [3.63, 3.8) is 0 Å². The summed E-state index contributed by atoms with van der Waals surface area (Å²) < 4.78 is 16.3. The summed E-state index contributed by atoms with van der Waals surface area (Å²) in [5, 5.41) is 9.05. The summed E-state index contributed by atoms with van der Waals surface area (Å²) >= 11 is 0. The van der Waals surface area contributed by atoms with Crippen LogP contribution in [-0.4, -0.2) is 56.0 Å². The van der Waals surface area contributed by atoms with E-state index in [1.807, 2.05) is 24.3 Å². The lowest BCUT2D eigenvalue weighted by molar-refractivity contribution is -0.140. The number of nitrogens with zero attached hydrogens (tertiary/aromatic N) is 3. The minimum atomic E-state index is -0.981. The molecule has 1 fully saturated rings. The monoisotopic (exact) mass is 513 g/mol. The van der Waals surface area contributed by atoms with Crippen molar-refractivity contribution in [3.8, 4) is 23.3 Å². The predicted octanol–water partition coefficient (Wildman–Crippen LogP) is 3.36. The van der Waals surface area contributed by atoms with E-state index in [9.17, 15) is 14.4 Å². The van der Waals surface area contributed by atoms with Gasteiger partial charge in [-0.15, -0.1) is 0 Å². The van der Waals surface area contributed by atoms with Crippen molar-refractivity contribution in [1.29, 1.82) is 5.26 Å². The molecule has 1 aliphatic heterocycles. The van der Waals surface area contributed by atoms with Crippen LogP contribution in [0.25, 0.3) is 0 Å². The maximum atomic E-state index is 13.5. The molecule has 9 heteroatoms. The fourth-order valence-electron chi connectivity index (χ4n) is 4.30. The van der Waals surface area contributed by atoms with E-state index in [4.69, 9.17) is 19.5 Å². The number of carbonyl (C=O) groups excluding carboxylic acids is 3. The Labute approximate surface area is 220 Å². The number of nitriles is 1. The molecule has 1 saturated heterocycles. The zero-order chi connectivity index (χ0) is 27.1. The van der Waals surface area contributed by atoms with Gasteiger partial charge in [0.2, 0.25) is 5.91 Å². The Morgan fingerprint density at radius 2 is 1.71 bits per heavy atom. The number of hydrogen-bond acceptors (Lipinski definition) is 7. The van der Waals surface area contributed by atoms with Crippen molar-refractivity contribution >= 4 is 23.4 Å². The van der Waals surface area contributed by atoms with E-state index in [1.54, 1.807) is 56.7 Å². The van der Waals surface area contributed by atoms with Gasteiger partial charge in [0, 0.05) is 6.54 Å². The van der Waals surface area contributed by atoms with E-state index >= 15 is 0 Å². The molecular weight excluding hydrogens is 486 g/mol. The molecule has 4 rings (SSSR count). The number of benzene rings is 3. The number of carbonyl (C=O) groups is 3. The van der Waals surface area contributed by atoms with Crippen molar-refractivity contribution in [2.24, 2.45) is 0 Å². The molecule has 1 heterocycles. The second-order valence-corrected chi connectivity index (χ2v) is 8.57. The van der Waals surface area contributed by atoms with Crippen molar-refractivity contribution in [1.82, 2.24) is 4.90 Å². The molecular formula is C29H27N3O6. The van der Waals surface area contributed by atoms with Crippen molar-refractivity contribution in [3.05, 3.63) is 83.9 Å². The quantitative estimate of drug-likeness (QED) is 0.383. The summed E-state index contributed by atoms with van der Waals surface area (Å²) in [5.74, 6) is 0.318. The first-order chi connectivity index (χ1) is 18.4. The van der Waals surface area contributed by atoms with Crippen LogP contribution >= 0.6 is 0 Å². The number of ether oxygens (including phenoxy) is 3. The zero-order valence-corrected chi connectivity index (χ0v) is 21.1. The largest absolute Gasteiger partial charge is 0.493 e. The average molecular weight is 514 g/mol. The second-order valence-electron chi connectivity index (χ2n) is 8.57. The highest BCUT2D eigenvalue weighted by atomic mass is 16.5. The van der Waals surface area contributed by atoms with Gasteiger partial charge in [-0.3, -0.25) is 14.4 Å². The van der Waals surface area contributed by atoms with E-state index in [0.717, 1.165) is 10.5 Å². The number of methoxy groups -OCH3 is 2. The first-order valence-corrected chi connectivity index (χ1v) is 12.0. The maximum absolute atomic E-state index is 13.5. The minimum absolute atomic E-state index is 0.151. The Morgan fingerprint density at radius 3 is 2.37 bits per heavy atom. The molecule has 0 bridgehead atoms. The lowest BCUT2D eigenvalue weighted by Crippen LogP contribution is -2.48. The van der Waals surface area contributed by atoms with E-state index in [2.05, 4.69) is 0 Å². The normalized spacial score (nSPS) is 14.7. The fraction of sp³-hybridized carbons (Fsp3) is 0.241. The third-order valence-corrected chi connectivity index (χ3v) is 6.27. The smallest absolute Gasteiger partial charge is 0.261 e. The van der Waals surface area contributed by atoms with Gasteiger partial charge in [-0.25, -0.2) is 4.90 Å². The number of hydrogen-bond donors (Lipinski definition) is 0. The second kappa shape index (κ2) is 11.9. The average Bonchev–Trinajstić information content (AvgIpc) is 3.25. The molecule has 1 atom stereocenters. The van der Waals surface area contributed by atoms with E-state index in [-0.39, 0.29) is 19.6 Å². The van der Waals surface area contributed by atoms with Crippen LogP contribution in [0.5, 0.6) is 17.2 Å². The molecule has 0 saturated carbocycles. The standard InChI is InChI=1S/C29H27N3O6/c1-36-25-13-10-20(16-26(25)37-2)14-15-31(28(34)19-38-23-6-4-3-5-7-23)24-17-27(33)32(29(24)35)22-11-8-21(18-30)9-12-22/h3-13,16,24H,14-15,17,19H2,1-2H3. The summed E-state index contributed by atoms with van der Waals surface area (Å²) in [6, 6.07) is 21.5. The zero-order valence-electron chi connectivity index (χ0n) is 21.1. The number of para-hydroxylation sites is 1. The van der Waals surface area contributed by atoms with Crippen LogP contribution in [-0.2, 0) is 20.8 Å². The van der Waals surface area contributed by atoms with Crippen LogP contribution in [0.1, 0.15) is 17.5 Å². The fourth-order valence-corrected chi connectivity index (χ4v) is 4.30. The number of anilines is 1. The highest BCUT2D eigenvalue weighted by Gasteiger charge is 2.44. The third kappa shape index (κ3) is 5.76. The van der Waals surface area contributed by atoms with Gasteiger partial charge in [0.25, 0.3) is 11.8 Å². The molecule has 0 spiro atoms. The van der Waals surface area contributed by atoms with Crippen LogP contribution in [0.3, 0.4) is 0 Å². The highest BCUT2D eigenvalue weighted by Crippen LogP contribution is 2.29. The van der Waals surface area contributed by atoms with Crippen LogP contribution in [0.2, 0.25) is 0 Å². The van der Waals surface area contributed by atoms with Gasteiger partial charge in [-0.05, 0) is 60.5 Å². The summed E-state index contributed by atoms with van der Waals surface area (Å²) in [6.45, 7) is -0.109. The first kappa shape index (κ1) is 26.2. The Morgan fingerprint density at radius 1 is 1.00 bits per heavy atom. The Kier molecular flexibility index (Phi) is 8.23. The van der Waals surface area contributed by atoms with Crippen LogP contribution in [0.4, 0.5) is 5.69 Å². The molecule has 3 aromatic rings. The molecule has 0 N–H and O–H groups in total. The topological polar surface area (TPSA) is 109 Å². The lowest BCUT2D eigenvalue weighted by atomic mass is 10.1. The Bertz CT molecular complexity index is 1350. The van der Waals surface area contributed by atoms with E-state index < -0.39 is 23.8 Å². The molecule has 0 radical (unpaired) electrons. The molecule has 194 valence electrons. The van der Waals surface area contributed by atoms with Crippen molar-refractivity contribution in [2.45, 2.75) is 18.9 Å². The van der Waals surface area contributed by atoms with E-state index in [0.29, 0.717) is 34.9 Å². The molecule has 0 aromatic heterocycles. The van der Waals surface area contributed by atoms with Crippen LogP contribution < -0.4 is 19.1 Å².